The molecule has 1 heterocycles. The van der Waals surface area contributed by atoms with Gasteiger partial charge >= 0.3 is 0 Å². The second kappa shape index (κ2) is 7.44. The highest BCUT2D eigenvalue weighted by atomic mass is 32.1. The van der Waals surface area contributed by atoms with Crippen molar-refractivity contribution in [2.45, 2.75) is 13.8 Å². The molecule has 0 aliphatic heterocycles. The van der Waals surface area contributed by atoms with Crippen LogP contribution in [0.3, 0.4) is 0 Å². The van der Waals surface area contributed by atoms with Crippen molar-refractivity contribution in [2.75, 3.05) is 11.9 Å². The number of anilines is 1. The number of nitrogens with zero attached hydrogens (tertiary/aromatic N) is 1. The van der Waals surface area contributed by atoms with Gasteiger partial charge in [-0.3, -0.25) is 10.1 Å². The van der Waals surface area contributed by atoms with Gasteiger partial charge in [-0.05, 0) is 37.6 Å². The zero-order valence-electron chi connectivity index (χ0n) is 13.9. The molecule has 25 heavy (non-hydrogen) atoms. The molecular formula is C19H17FN2O2S. The molecule has 128 valence electrons. The van der Waals surface area contributed by atoms with Crippen LogP contribution < -0.4 is 10.1 Å². The topological polar surface area (TPSA) is 51.2 Å². The highest BCUT2D eigenvalue weighted by Gasteiger charge is 2.11. The number of hydrogen-bond acceptors (Lipinski definition) is 4. The number of carbonyl (C=O) groups excluding carboxylic acids is 1. The van der Waals surface area contributed by atoms with Crippen molar-refractivity contribution < 1.29 is 13.9 Å². The Balaban J connectivity index is 1.64. The fraction of sp³-hybridized carbons (Fsp3) is 0.158. The van der Waals surface area contributed by atoms with Gasteiger partial charge < -0.3 is 4.74 Å². The molecule has 3 rings (SSSR count). The first-order valence-corrected chi connectivity index (χ1v) is 8.61. The minimum atomic E-state index is -0.498. The smallest absolute Gasteiger partial charge is 0.264 e. The SMILES string of the molecule is Cc1ccc(C)c(-c2csc(NC(=O)COc3ccccc3F)n2)c1. The number of para-hydroxylation sites is 1. The summed E-state index contributed by atoms with van der Waals surface area (Å²) >= 11 is 1.34. The molecule has 6 heteroatoms. The molecule has 0 spiro atoms. The Morgan fingerprint density at radius 1 is 1.24 bits per heavy atom. The monoisotopic (exact) mass is 356 g/mol. The van der Waals surface area contributed by atoms with Gasteiger partial charge in [0, 0.05) is 10.9 Å². The van der Waals surface area contributed by atoms with Gasteiger partial charge in [-0.15, -0.1) is 11.3 Å². The van der Waals surface area contributed by atoms with E-state index in [4.69, 9.17) is 4.74 Å². The molecule has 0 bridgehead atoms. The third-order valence-corrected chi connectivity index (χ3v) is 4.37. The molecule has 0 aliphatic rings. The number of nitrogens with one attached hydrogen (secondary N) is 1. The Labute approximate surface area is 149 Å². The van der Waals surface area contributed by atoms with Crippen LogP contribution in [0.25, 0.3) is 11.3 Å². The Kier molecular flexibility index (Phi) is 5.09. The van der Waals surface area contributed by atoms with E-state index in [2.05, 4.69) is 16.4 Å². The third-order valence-electron chi connectivity index (χ3n) is 3.61. The minimum Gasteiger partial charge on any atom is -0.481 e. The van der Waals surface area contributed by atoms with Crippen molar-refractivity contribution in [1.29, 1.82) is 0 Å². The predicted octanol–water partition coefficient (Wildman–Crippen LogP) is 4.58. The van der Waals surface area contributed by atoms with Crippen LogP contribution in [0, 0.1) is 19.7 Å². The van der Waals surface area contributed by atoms with Gasteiger partial charge in [0.1, 0.15) is 0 Å². The minimum absolute atomic E-state index is 0.0489. The summed E-state index contributed by atoms with van der Waals surface area (Å²) in [5.41, 5.74) is 4.13. The van der Waals surface area contributed by atoms with Gasteiger partial charge in [-0.25, -0.2) is 9.37 Å². The van der Waals surface area contributed by atoms with Gasteiger partial charge in [0.15, 0.2) is 23.3 Å². The number of ether oxygens (including phenoxy) is 1. The summed E-state index contributed by atoms with van der Waals surface area (Å²) in [6.45, 7) is 3.77. The van der Waals surface area contributed by atoms with Crippen LogP contribution in [0.5, 0.6) is 5.75 Å². The van der Waals surface area contributed by atoms with Crippen LogP contribution >= 0.6 is 11.3 Å². The molecule has 1 N–H and O–H groups in total. The van der Waals surface area contributed by atoms with E-state index in [9.17, 15) is 9.18 Å². The van der Waals surface area contributed by atoms with E-state index in [1.807, 2.05) is 31.4 Å². The number of rotatable bonds is 5. The maximum absolute atomic E-state index is 13.5. The summed E-state index contributed by atoms with van der Waals surface area (Å²) in [5.74, 6) is -0.834. The van der Waals surface area contributed by atoms with Gasteiger partial charge in [0.2, 0.25) is 0 Å². The van der Waals surface area contributed by atoms with Crippen LogP contribution in [0.1, 0.15) is 11.1 Å². The number of carbonyl (C=O) groups is 1. The van der Waals surface area contributed by atoms with Gasteiger partial charge in [0.25, 0.3) is 5.91 Å². The summed E-state index contributed by atoms with van der Waals surface area (Å²) in [7, 11) is 0. The quantitative estimate of drug-likeness (QED) is 0.728. The Bertz CT molecular complexity index is 908. The van der Waals surface area contributed by atoms with Crippen LogP contribution in [-0.2, 0) is 4.79 Å². The lowest BCUT2D eigenvalue weighted by atomic mass is 10.0. The fourth-order valence-electron chi connectivity index (χ4n) is 2.33. The summed E-state index contributed by atoms with van der Waals surface area (Å²) in [6.07, 6.45) is 0. The van der Waals surface area contributed by atoms with E-state index in [1.165, 1.54) is 23.5 Å². The molecule has 4 nitrogen and oxygen atoms in total. The van der Waals surface area contributed by atoms with Gasteiger partial charge in [-0.1, -0.05) is 29.8 Å². The van der Waals surface area contributed by atoms with E-state index < -0.39 is 5.82 Å². The van der Waals surface area contributed by atoms with Crippen molar-refractivity contribution in [3.63, 3.8) is 0 Å². The summed E-state index contributed by atoms with van der Waals surface area (Å²) in [5, 5.41) is 5.06. The van der Waals surface area contributed by atoms with E-state index in [-0.39, 0.29) is 18.3 Å². The average molecular weight is 356 g/mol. The lowest BCUT2D eigenvalue weighted by Gasteiger charge is -2.06. The first-order chi connectivity index (χ1) is 12.0. The molecule has 1 aromatic heterocycles. The molecule has 0 unspecified atom stereocenters. The maximum atomic E-state index is 13.5. The standard InChI is InChI=1S/C19H17FN2O2S/c1-12-7-8-13(2)14(9-12)16-11-25-19(21-16)22-18(23)10-24-17-6-4-3-5-15(17)20/h3-9,11H,10H2,1-2H3,(H,21,22,23). The van der Waals surface area contributed by atoms with E-state index in [1.54, 1.807) is 12.1 Å². The van der Waals surface area contributed by atoms with Crippen LogP contribution in [0.15, 0.2) is 47.8 Å². The number of aromatic nitrogens is 1. The van der Waals surface area contributed by atoms with Crippen LogP contribution in [0.2, 0.25) is 0 Å². The second-order valence-electron chi connectivity index (χ2n) is 5.62. The summed E-state index contributed by atoms with van der Waals surface area (Å²) < 4.78 is 18.6. The summed E-state index contributed by atoms with van der Waals surface area (Å²) in [6, 6.07) is 12.1. The molecule has 2 aromatic carbocycles. The van der Waals surface area contributed by atoms with Crippen molar-refractivity contribution in [3.8, 4) is 17.0 Å². The highest BCUT2D eigenvalue weighted by Crippen LogP contribution is 2.28. The fourth-order valence-corrected chi connectivity index (χ4v) is 3.05. The lowest BCUT2D eigenvalue weighted by molar-refractivity contribution is -0.118. The number of halogens is 1. The molecule has 1 amide bonds. The number of thiazole rings is 1. The Morgan fingerprint density at radius 2 is 2.04 bits per heavy atom. The zero-order chi connectivity index (χ0) is 17.8. The first kappa shape index (κ1) is 17.1. The van der Waals surface area contributed by atoms with Gasteiger partial charge in [-0.2, -0.15) is 0 Å². The van der Waals surface area contributed by atoms with E-state index >= 15 is 0 Å². The van der Waals surface area contributed by atoms with Crippen molar-refractivity contribution >= 4 is 22.4 Å². The number of benzene rings is 2. The van der Waals surface area contributed by atoms with E-state index in [0.29, 0.717) is 5.13 Å². The molecule has 0 fully saturated rings. The van der Waals surface area contributed by atoms with Crippen molar-refractivity contribution in [3.05, 3.63) is 64.8 Å². The summed E-state index contributed by atoms with van der Waals surface area (Å²) in [4.78, 5) is 16.4. The predicted molar refractivity (Wildman–Crippen MR) is 97.5 cm³/mol. The maximum Gasteiger partial charge on any atom is 0.264 e. The molecule has 3 aromatic rings. The molecule has 0 saturated heterocycles. The largest absolute Gasteiger partial charge is 0.481 e. The van der Waals surface area contributed by atoms with Crippen molar-refractivity contribution in [1.82, 2.24) is 4.98 Å². The number of aryl methyl sites for hydroxylation is 2. The van der Waals surface area contributed by atoms with Gasteiger partial charge in [0.05, 0.1) is 5.69 Å². The zero-order valence-corrected chi connectivity index (χ0v) is 14.7. The Morgan fingerprint density at radius 3 is 2.84 bits per heavy atom. The lowest BCUT2D eigenvalue weighted by Crippen LogP contribution is -2.20. The molecular weight excluding hydrogens is 339 g/mol. The third kappa shape index (κ3) is 4.22. The molecule has 0 atom stereocenters. The molecule has 0 radical (unpaired) electrons. The Hall–Kier alpha value is -2.73. The van der Waals surface area contributed by atoms with Crippen molar-refractivity contribution in [2.24, 2.45) is 0 Å². The highest BCUT2D eigenvalue weighted by molar-refractivity contribution is 7.14. The first-order valence-electron chi connectivity index (χ1n) is 7.73. The van der Waals surface area contributed by atoms with Crippen LogP contribution in [-0.4, -0.2) is 17.5 Å². The number of amides is 1. The normalized spacial score (nSPS) is 10.5. The second-order valence-corrected chi connectivity index (χ2v) is 6.48. The van der Waals surface area contributed by atoms with Crippen LogP contribution in [0.4, 0.5) is 9.52 Å². The average Bonchev–Trinajstić information content (AvgIpc) is 3.04. The van der Waals surface area contributed by atoms with E-state index in [0.717, 1.165) is 22.4 Å². The molecule has 0 aliphatic carbocycles. The molecule has 0 saturated carbocycles. The number of hydrogen-bond donors (Lipinski definition) is 1.